The summed E-state index contributed by atoms with van der Waals surface area (Å²) in [5.41, 5.74) is 0. The van der Waals surface area contributed by atoms with Crippen LogP contribution in [0, 0.1) is 0 Å². The van der Waals surface area contributed by atoms with Crippen LogP contribution in [0.25, 0.3) is 0 Å². The maximum Gasteiger partial charge on any atom is 0.472 e. The largest absolute Gasteiger partial charge is 0.472 e. The number of aliphatic hydroxyl groups is 1. The van der Waals surface area contributed by atoms with Crippen LogP contribution in [-0.2, 0) is 18.4 Å². The van der Waals surface area contributed by atoms with Crippen LogP contribution < -0.4 is 5.32 Å². The Morgan fingerprint density at radius 1 is 0.438 bits per heavy atom. The molecule has 0 fully saturated rings. The van der Waals surface area contributed by atoms with E-state index in [1.54, 1.807) is 6.08 Å². The van der Waals surface area contributed by atoms with Crippen molar-refractivity contribution in [1.29, 1.82) is 0 Å². The molecule has 0 spiro atoms. The summed E-state index contributed by atoms with van der Waals surface area (Å²) in [7, 11) is 1.58. The molecule has 0 rings (SSSR count). The van der Waals surface area contributed by atoms with Crippen molar-refractivity contribution in [3.63, 3.8) is 0 Å². The van der Waals surface area contributed by atoms with E-state index in [2.05, 4.69) is 92.1 Å². The molecule has 8 nitrogen and oxygen atoms in total. The molecule has 0 bridgehead atoms. The van der Waals surface area contributed by atoms with Crippen LogP contribution in [0.15, 0.2) is 85.1 Å². The van der Waals surface area contributed by atoms with Gasteiger partial charge in [-0.25, -0.2) is 4.57 Å². The number of hydrogen-bond acceptors (Lipinski definition) is 5. The van der Waals surface area contributed by atoms with Crippen LogP contribution in [0.4, 0.5) is 0 Å². The molecule has 3 N–H and O–H groups in total. The Morgan fingerprint density at radius 2 is 0.750 bits per heavy atom. The molecule has 0 aliphatic heterocycles. The molecule has 9 heteroatoms. The van der Waals surface area contributed by atoms with E-state index >= 15 is 0 Å². The zero-order valence-electron chi connectivity index (χ0n) is 53.3. The molecule has 0 aromatic heterocycles. The summed E-state index contributed by atoms with van der Waals surface area (Å²) in [6.07, 6.45) is 87.2. The van der Waals surface area contributed by atoms with Gasteiger partial charge in [0.2, 0.25) is 5.91 Å². The predicted molar refractivity (Wildman–Crippen MR) is 350 cm³/mol. The third-order valence-corrected chi connectivity index (χ3v) is 16.1. The summed E-state index contributed by atoms with van der Waals surface area (Å²) >= 11 is 0. The summed E-state index contributed by atoms with van der Waals surface area (Å²) in [4.78, 5) is 23.4. The highest BCUT2D eigenvalue weighted by Crippen LogP contribution is 2.43. The van der Waals surface area contributed by atoms with Crippen LogP contribution in [-0.4, -0.2) is 73.4 Å². The molecule has 0 heterocycles. The Hall–Kier alpha value is -2.32. The zero-order valence-corrected chi connectivity index (χ0v) is 54.2. The van der Waals surface area contributed by atoms with Crippen molar-refractivity contribution in [2.45, 2.75) is 321 Å². The molecule has 0 aromatic rings. The summed E-state index contributed by atoms with van der Waals surface area (Å²) < 4.78 is 23.8. The minimum atomic E-state index is -4.35. The summed E-state index contributed by atoms with van der Waals surface area (Å²) in [6, 6.07) is -0.850. The van der Waals surface area contributed by atoms with Crippen LogP contribution >= 0.6 is 7.82 Å². The van der Waals surface area contributed by atoms with Crippen molar-refractivity contribution in [3.8, 4) is 0 Å². The predicted octanol–water partition coefficient (Wildman–Crippen LogP) is 21.5. The van der Waals surface area contributed by atoms with Gasteiger partial charge in [-0.3, -0.25) is 13.8 Å². The summed E-state index contributed by atoms with van der Waals surface area (Å²) in [6.45, 7) is 4.73. The van der Waals surface area contributed by atoms with Gasteiger partial charge in [0.1, 0.15) is 13.2 Å². The van der Waals surface area contributed by atoms with Gasteiger partial charge in [-0.05, 0) is 70.6 Å². The van der Waals surface area contributed by atoms with Crippen molar-refractivity contribution >= 4 is 13.7 Å². The molecule has 1 amide bonds. The Kier molecular flexibility index (Phi) is 59.5. The molecule has 0 aliphatic rings. The lowest BCUT2D eigenvalue weighted by molar-refractivity contribution is -0.870. The van der Waals surface area contributed by atoms with E-state index in [1.165, 1.54) is 212 Å². The first-order chi connectivity index (χ1) is 39.0. The average Bonchev–Trinajstić information content (AvgIpc) is 3.42. The number of nitrogens with one attached hydrogen (secondary N) is 1. The smallest absolute Gasteiger partial charge is 0.387 e. The van der Waals surface area contributed by atoms with Gasteiger partial charge in [0.15, 0.2) is 0 Å². The van der Waals surface area contributed by atoms with Crippen LogP contribution in [0.5, 0.6) is 0 Å². The first-order valence-electron chi connectivity index (χ1n) is 34.0. The molecule has 3 unspecified atom stereocenters. The quantitative estimate of drug-likeness (QED) is 0.0243. The van der Waals surface area contributed by atoms with E-state index in [0.717, 1.165) is 77.0 Å². The summed E-state index contributed by atoms with van der Waals surface area (Å²) in [5, 5.41) is 14.0. The van der Waals surface area contributed by atoms with Gasteiger partial charge in [-0.1, -0.05) is 317 Å². The van der Waals surface area contributed by atoms with Gasteiger partial charge in [-0.15, -0.1) is 0 Å². The van der Waals surface area contributed by atoms with Gasteiger partial charge < -0.3 is 19.8 Å². The fourth-order valence-electron chi connectivity index (χ4n) is 9.87. The van der Waals surface area contributed by atoms with Gasteiger partial charge in [0, 0.05) is 6.42 Å². The molecule has 466 valence electrons. The van der Waals surface area contributed by atoms with Crippen molar-refractivity contribution in [3.05, 3.63) is 85.1 Å². The van der Waals surface area contributed by atoms with Crippen LogP contribution in [0.2, 0.25) is 0 Å². The van der Waals surface area contributed by atoms with E-state index in [4.69, 9.17) is 9.05 Å². The van der Waals surface area contributed by atoms with E-state index in [-0.39, 0.29) is 19.1 Å². The minimum absolute atomic E-state index is 0.0608. The molecular weight excluding hydrogens is 1010 g/mol. The molecular formula is C71H132N2O6P+. The third kappa shape index (κ3) is 63.3. The first-order valence-corrected chi connectivity index (χ1v) is 35.5. The highest BCUT2D eigenvalue weighted by atomic mass is 31.2. The number of nitrogens with zero attached hydrogens (tertiary/aromatic N) is 1. The second kappa shape index (κ2) is 61.2. The minimum Gasteiger partial charge on any atom is -0.387 e. The number of rotatable bonds is 62. The van der Waals surface area contributed by atoms with Crippen LogP contribution in [0.1, 0.15) is 309 Å². The van der Waals surface area contributed by atoms with Gasteiger partial charge in [0.05, 0.1) is 39.9 Å². The standard InChI is InChI=1S/C71H131N2O6P/c1-6-8-10-12-14-16-18-20-22-24-26-28-29-30-31-32-33-34-35-36-37-38-39-40-41-42-43-45-47-49-51-53-55-57-59-61-63-65-71(75)72-69(68-79-80(76,77)78-67-66-73(3,4)5)70(74)64-62-60-58-56-54-52-50-48-46-44-27-25-23-21-19-17-15-13-11-9-7-2/h8,10,14,16,20,22,26,28,30-31,33-34,62,64,69-70,74H,6-7,9,11-13,15,17-19,21,23-25,27,29,32,35-61,63,65-68H2,1-5H3,(H-,72,75,76,77)/p+1/b10-8-,16-14-,22-20-,28-26-,31-30-,34-33-,64-62+. The highest BCUT2D eigenvalue weighted by Gasteiger charge is 2.28. The number of quaternary nitrogens is 1. The molecule has 0 saturated heterocycles. The number of carbonyl (C=O) groups excluding carboxylic acids is 1. The van der Waals surface area contributed by atoms with E-state index < -0.39 is 20.0 Å². The molecule has 80 heavy (non-hydrogen) atoms. The molecule has 0 aromatic carbocycles. The van der Waals surface area contributed by atoms with Crippen molar-refractivity contribution in [2.24, 2.45) is 0 Å². The monoisotopic (exact) mass is 1140 g/mol. The number of likely N-dealkylation sites (N-methyl/N-ethyl adjacent to an activating group) is 1. The fourth-order valence-corrected chi connectivity index (χ4v) is 10.6. The second-order valence-corrected chi connectivity index (χ2v) is 25.6. The number of allylic oxidation sites excluding steroid dienone is 13. The highest BCUT2D eigenvalue weighted by molar-refractivity contribution is 7.47. The maximum atomic E-state index is 13.0. The molecule has 3 atom stereocenters. The maximum absolute atomic E-state index is 13.0. The average molecular weight is 1140 g/mol. The molecule has 0 aliphatic carbocycles. The Balaban J connectivity index is 4.03. The fraction of sp³-hybridized carbons (Fsp3) is 0.789. The number of phosphoric acid groups is 1. The lowest BCUT2D eigenvalue weighted by Crippen LogP contribution is -2.45. The van der Waals surface area contributed by atoms with Crippen molar-refractivity contribution in [2.75, 3.05) is 40.9 Å². The Bertz CT molecular complexity index is 1580. The van der Waals surface area contributed by atoms with Gasteiger partial charge in [0.25, 0.3) is 0 Å². The molecule has 0 radical (unpaired) electrons. The number of unbranched alkanes of at least 4 members (excludes halogenated alkanes) is 37. The van der Waals surface area contributed by atoms with E-state index in [1.807, 2.05) is 27.2 Å². The van der Waals surface area contributed by atoms with Crippen molar-refractivity contribution in [1.82, 2.24) is 5.32 Å². The van der Waals surface area contributed by atoms with Crippen LogP contribution in [0.3, 0.4) is 0 Å². The van der Waals surface area contributed by atoms with Crippen molar-refractivity contribution < 1.29 is 32.9 Å². The van der Waals surface area contributed by atoms with Gasteiger partial charge >= 0.3 is 7.82 Å². The first kappa shape index (κ1) is 77.7. The van der Waals surface area contributed by atoms with E-state index in [9.17, 15) is 19.4 Å². The van der Waals surface area contributed by atoms with E-state index in [0.29, 0.717) is 17.4 Å². The topological polar surface area (TPSA) is 105 Å². The number of phosphoric ester groups is 1. The number of hydrogen-bond donors (Lipinski definition) is 3. The number of amides is 1. The lowest BCUT2D eigenvalue weighted by atomic mass is 10.0. The Labute approximate surface area is 497 Å². The normalized spacial score (nSPS) is 14.2. The summed E-state index contributed by atoms with van der Waals surface area (Å²) in [5.74, 6) is -0.174. The molecule has 0 saturated carbocycles. The number of carbonyl (C=O) groups is 1. The number of aliphatic hydroxyl groups excluding tert-OH is 1. The Morgan fingerprint density at radius 3 is 1.10 bits per heavy atom. The lowest BCUT2D eigenvalue weighted by Gasteiger charge is -2.25. The van der Waals surface area contributed by atoms with Gasteiger partial charge in [-0.2, -0.15) is 0 Å². The second-order valence-electron chi connectivity index (χ2n) is 24.2. The third-order valence-electron chi connectivity index (χ3n) is 15.1. The SMILES string of the molecule is CC/C=C\C/C=C\C/C=C\C/C=C\C/C=C\C/C=C\CCCCCCCCCCCCCCCCCCCCC(=O)NC(COP(=O)(O)OCC[N+](C)(C)C)C(O)/C=C/CCCCCCCCCCCCCCCCCCCCC. The zero-order chi connectivity index (χ0) is 58.4.